The molecule has 1 saturated heterocycles. The van der Waals surface area contributed by atoms with Crippen molar-refractivity contribution < 1.29 is 4.74 Å². The highest BCUT2D eigenvalue weighted by Crippen LogP contribution is 2.35. The van der Waals surface area contributed by atoms with E-state index in [1.165, 1.54) is 38.0 Å². The van der Waals surface area contributed by atoms with Gasteiger partial charge in [-0.1, -0.05) is 31.5 Å². The first-order valence-electron chi connectivity index (χ1n) is 8.31. The van der Waals surface area contributed by atoms with Crippen LogP contribution in [0.5, 0.6) is 5.75 Å². The first-order valence-corrected chi connectivity index (χ1v) is 8.68. The maximum atomic E-state index is 6.28. The number of benzene rings is 1. The number of likely N-dealkylation sites (tertiary alicyclic amines) is 1. The predicted octanol–water partition coefficient (Wildman–Crippen LogP) is 3.76. The molecule has 22 heavy (non-hydrogen) atoms. The van der Waals surface area contributed by atoms with Crippen LogP contribution in [0.15, 0.2) is 18.2 Å². The van der Waals surface area contributed by atoms with E-state index in [2.05, 4.69) is 24.8 Å². The number of piperidine rings is 1. The lowest BCUT2D eigenvalue weighted by molar-refractivity contribution is 0.155. The molecule has 0 radical (unpaired) electrons. The first-order chi connectivity index (χ1) is 10.5. The largest absolute Gasteiger partial charge is 0.495 e. The highest BCUT2D eigenvalue weighted by atomic mass is 35.5. The van der Waals surface area contributed by atoms with Gasteiger partial charge in [0.2, 0.25) is 0 Å². The minimum Gasteiger partial charge on any atom is -0.495 e. The second-order valence-corrected chi connectivity index (χ2v) is 7.18. The number of methoxy groups -OCH3 is 1. The summed E-state index contributed by atoms with van der Waals surface area (Å²) in [4.78, 5) is 2.58. The lowest BCUT2D eigenvalue weighted by Gasteiger charge is -2.36. The maximum absolute atomic E-state index is 6.28. The topological polar surface area (TPSA) is 38.5 Å². The Kier molecular flexibility index (Phi) is 6.54. The summed E-state index contributed by atoms with van der Waals surface area (Å²) in [6, 6.07) is 6.09. The molecule has 3 nitrogen and oxygen atoms in total. The second-order valence-electron chi connectivity index (χ2n) is 6.77. The van der Waals surface area contributed by atoms with Gasteiger partial charge in [-0.2, -0.15) is 0 Å². The average Bonchev–Trinajstić information content (AvgIpc) is 2.49. The Balaban J connectivity index is 2.02. The van der Waals surface area contributed by atoms with Crippen LogP contribution in [-0.4, -0.2) is 38.2 Å². The van der Waals surface area contributed by atoms with Gasteiger partial charge in [-0.25, -0.2) is 0 Å². The van der Waals surface area contributed by atoms with E-state index in [0.29, 0.717) is 23.4 Å². The van der Waals surface area contributed by atoms with Crippen molar-refractivity contribution in [2.75, 3.05) is 33.3 Å². The normalized spacial score (nSPS) is 18.6. The Bertz CT molecular complexity index is 470. The number of ether oxygens (including phenoxy) is 1. The van der Waals surface area contributed by atoms with Gasteiger partial charge in [0, 0.05) is 6.54 Å². The molecule has 124 valence electrons. The molecule has 1 aliphatic heterocycles. The van der Waals surface area contributed by atoms with E-state index < -0.39 is 0 Å². The van der Waals surface area contributed by atoms with Crippen LogP contribution in [0.4, 0.5) is 0 Å². The Labute approximate surface area is 139 Å². The van der Waals surface area contributed by atoms with Crippen molar-refractivity contribution in [3.05, 3.63) is 28.8 Å². The highest BCUT2D eigenvalue weighted by Gasteiger charge is 2.27. The summed E-state index contributed by atoms with van der Waals surface area (Å²) in [7, 11) is 1.64. The summed E-state index contributed by atoms with van der Waals surface area (Å²) < 4.78 is 5.24. The minimum absolute atomic E-state index is 0.393. The van der Waals surface area contributed by atoms with Crippen LogP contribution in [0.25, 0.3) is 0 Å². The van der Waals surface area contributed by atoms with Crippen LogP contribution in [-0.2, 0) is 0 Å². The third kappa shape index (κ3) is 4.37. The number of nitrogens with zero attached hydrogens (tertiary/aromatic N) is 1. The van der Waals surface area contributed by atoms with Gasteiger partial charge in [-0.3, -0.25) is 0 Å². The molecule has 0 aliphatic carbocycles. The van der Waals surface area contributed by atoms with Crippen molar-refractivity contribution in [1.82, 2.24) is 4.90 Å². The molecule has 0 saturated carbocycles. The molecule has 0 spiro atoms. The van der Waals surface area contributed by atoms with Gasteiger partial charge in [-0.05, 0) is 67.9 Å². The molecule has 0 bridgehead atoms. The number of hydrogen-bond donors (Lipinski definition) is 1. The van der Waals surface area contributed by atoms with Crippen molar-refractivity contribution in [2.45, 2.75) is 32.6 Å². The van der Waals surface area contributed by atoms with Crippen LogP contribution in [0, 0.1) is 11.8 Å². The van der Waals surface area contributed by atoms with Gasteiger partial charge >= 0.3 is 0 Å². The Hall–Kier alpha value is -0.770. The van der Waals surface area contributed by atoms with Crippen LogP contribution >= 0.6 is 11.6 Å². The number of rotatable bonds is 6. The SMILES string of the molecule is COc1ccc(C(CN)C2CCN(CC(C)C)CC2)cc1Cl. The van der Waals surface area contributed by atoms with Crippen LogP contribution in [0.1, 0.15) is 38.2 Å². The van der Waals surface area contributed by atoms with E-state index in [9.17, 15) is 0 Å². The fourth-order valence-corrected chi connectivity index (χ4v) is 3.83. The van der Waals surface area contributed by atoms with Gasteiger partial charge < -0.3 is 15.4 Å². The third-order valence-electron chi connectivity index (χ3n) is 4.68. The Morgan fingerprint density at radius 2 is 2.00 bits per heavy atom. The molecular weight excluding hydrogens is 296 g/mol. The van der Waals surface area contributed by atoms with E-state index >= 15 is 0 Å². The van der Waals surface area contributed by atoms with Crippen molar-refractivity contribution in [2.24, 2.45) is 17.6 Å². The molecule has 1 fully saturated rings. The standard InChI is InChI=1S/C18H29ClN2O/c1-13(2)12-21-8-6-14(7-9-21)16(11-20)15-4-5-18(22-3)17(19)10-15/h4-5,10,13-14,16H,6-9,11-12,20H2,1-3H3. The predicted molar refractivity (Wildman–Crippen MR) is 93.8 cm³/mol. The Morgan fingerprint density at radius 3 is 2.50 bits per heavy atom. The fraction of sp³-hybridized carbons (Fsp3) is 0.667. The highest BCUT2D eigenvalue weighted by molar-refractivity contribution is 6.32. The van der Waals surface area contributed by atoms with Crippen LogP contribution < -0.4 is 10.5 Å². The summed E-state index contributed by atoms with van der Waals surface area (Å²) in [6.45, 7) is 8.82. The molecular formula is C18H29ClN2O. The fourth-order valence-electron chi connectivity index (χ4n) is 3.57. The van der Waals surface area contributed by atoms with Gasteiger partial charge in [-0.15, -0.1) is 0 Å². The zero-order valence-electron chi connectivity index (χ0n) is 14.0. The van der Waals surface area contributed by atoms with Gasteiger partial charge in [0.25, 0.3) is 0 Å². The summed E-state index contributed by atoms with van der Waals surface area (Å²) in [5.74, 6) is 2.51. The minimum atomic E-state index is 0.393. The van der Waals surface area contributed by atoms with E-state index in [-0.39, 0.29) is 0 Å². The quantitative estimate of drug-likeness (QED) is 0.866. The third-order valence-corrected chi connectivity index (χ3v) is 4.98. The molecule has 1 aromatic rings. The molecule has 1 aromatic carbocycles. The smallest absolute Gasteiger partial charge is 0.137 e. The molecule has 2 rings (SSSR count). The lowest BCUT2D eigenvalue weighted by atomic mass is 9.80. The van der Waals surface area contributed by atoms with Crippen molar-refractivity contribution in [1.29, 1.82) is 0 Å². The number of nitrogens with two attached hydrogens (primary N) is 1. The van der Waals surface area contributed by atoms with E-state index in [1.807, 2.05) is 12.1 Å². The average molecular weight is 325 g/mol. The van der Waals surface area contributed by atoms with E-state index in [1.54, 1.807) is 7.11 Å². The molecule has 1 aliphatic rings. The van der Waals surface area contributed by atoms with Gasteiger partial charge in [0.05, 0.1) is 12.1 Å². The van der Waals surface area contributed by atoms with Crippen LogP contribution in [0.2, 0.25) is 5.02 Å². The zero-order chi connectivity index (χ0) is 16.1. The summed E-state index contributed by atoms with van der Waals surface area (Å²) in [6.07, 6.45) is 2.44. The monoisotopic (exact) mass is 324 g/mol. The van der Waals surface area contributed by atoms with Gasteiger partial charge in [0.1, 0.15) is 5.75 Å². The second kappa shape index (κ2) is 8.19. The molecule has 2 N–H and O–H groups in total. The van der Waals surface area contributed by atoms with Crippen molar-refractivity contribution in [3.8, 4) is 5.75 Å². The molecule has 0 amide bonds. The zero-order valence-corrected chi connectivity index (χ0v) is 14.8. The van der Waals surface area contributed by atoms with Crippen molar-refractivity contribution >= 4 is 11.6 Å². The molecule has 1 unspecified atom stereocenters. The first kappa shape index (κ1) is 17.6. The molecule has 4 heteroatoms. The number of hydrogen-bond acceptors (Lipinski definition) is 3. The van der Waals surface area contributed by atoms with Crippen LogP contribution in [0.3, 0.4) is 0 Å². The lowest BCUT2D eigenvalue weighted by Crippen LogP contribution is -2.38. The Morgan fingerprint density at radius 1 is 1.32 bits per heavy atom. The van der Waals surface area contributed by atoms with Crippen molar-refractivity contribution in [3.63, 3.8) is 0 Å². The maximum Gasteiger partial charge on any atom is 0.137 e. The molecule has 1 heterocycles. The summed E-state index contributed by atoms with van der Waals surface area (Å²) >= 11 is 6.28. The van der Waals surface area contributed by atoms with Gasteiger partial charge in [0.15, 0.2) is 0 Å². The summed E-state index contributed by atoms with van der Waals surface area (Å²) in [5.41, 5.74) is 7.33. The molecule has 0 aromatic heterocycles. The van der Waals surface area contributed by atoms with E-state index in [0.717, 1.165) is 11.7 Å². The number of halogens is 1. The van der Waals surface area contributed by atoms with E-state index in [4.69, 9.17) is 22.1 Å². The molecule has 1 atom stereocenters. The summed E-state index contributed by atoms with van der Waals surface area (Å²) in [5, 5.41) is 0.677.